The number of ether oxygens (including phenoxy) is 2. The van der Waals surface area contributed by atoms with E-state index in [4.69, 9.17) is 21.1 Å². The predicted octanol–water partition coefficient (Wildman–Crippen LogP) is 2.83. The molecule has 2 atom stereocenters. The van der Waals surface area contributed by atoms with Crippen molar-refractivity contribution in [2.45, 2.75) is 25.4 Å². The molecule has 0 bridgehead atoms. The van der Waals surface area contributed by atoms with Gasteiger partial charge in [-0.25, -0.2) is 4.79 Å². The Kier molecular flexibility index (Phi) is 4.49. The summed E-state index contributed by atoms with van der Waals surface area (Å²) in [7, 11) is 0. The van der Waals surface area contributed by atoms with Gasteiger partial charge in [-0.1, -0.05) is 11.6 Å². The van der Waals surface area contributed by atoms with Crippen LogP contribution in [0.5, 0.6) is 0 Å². The zero-order valence-corrected chi connectivity index (χ0v) is 12.7. The third-order valence-corrected chi connectivity index (χ3v) is 4.22. The number of fused-ring (bicyclic) bond motifs is 1. The van der Waals surface area contributed by atoms with Crippen molar-refractivity contribution in [1.82, 2.24) is 4.90 Å². The lowest BCUT2D eigenvalue weighted by Gasteiger charge is -2.33. The van der Waals surface area contributed by atoms with E-state index in [2.05, 4.69) is 5.32 Å². The van der Waals surface area contributed by atoms with E-state index in [1.165, 1.54) is 4.90 Å². The van der Waals surface area contributed by atoms with Crippen LogP contribution in [-0.4, -0.2) is 36.5 Å². The summed E-state index contributed by atoms with van der Waals surface area (Å²) in [6.07, 6.45) is 2.20. The van der Waals surface area contributed by atoms with Crippen molar-refractivity contribution in [3.8, 4) is 0 Å². The molecule has 0 radical (unpaired) electrons. The molecule has 1 aromatic carbocycles. The first-order valence-corrected chi connectivity index (χ1v) is 7.61. The third-order valence-electron chi connectivity index (χ3n) is 3.97. The molecule has 1 aliphatic carbocycles. The highest BCUT2D eigenvalue weighted by Gasteiger charge is 2.40. The molecule has 1 aliphatic heterocycles. The second-order valence-corrected chi connectivity index (χ2v) is 5.88. The Morgan fingerprint density at radius 3 is 2.91 bits per heavy atom. The molecule has 2 amide bonds. The van der Waals surface area contributed by atoms with Gasteiger partial charge < -0.3 is 9.47 Å². The molecule has 6 nitrogen and oxygen atoms in total. The van der Waals surface area contributed by atoms with Crippen molar-refractivity contribution in [2.24, 2.45) is 5.92 Å². The fraction of sp³-hybridized carbons (Fsp3) is 0.467. The summed E-state index contributed by atoms with van der Waals surface area (Å²) in [6, 6.07) is 6.67. The highest BCUT2D eigenvalue weighted by atomic mass is 35.5. The van der Waals surface area contributed by atoms with E-state index in [0.717, 1.165) is 19.3 Å². The first-order chi connectivity index (χ1) is 10.6. The number of halogens is 1. The Morgan fingerprint density at radius 2 is 2.14 bits per heavy atom. The quantitative estimate of drug-likeness (QED) is 0.928. The third kappa shape index (κ3) is 3.34. The van der Waals surface area contributed by atoms with E-state index in [1.807, 2.05) is 0 Å². The first-order valence-electron chi connectivity index (χ1n) is 7.23. The maximum atomic E-state index is 12.2. The topological polar surface area (TPSA) is 67.9 Å². The molecule has 22 heavy (non-hydrogen) atoms. The van der Waals surface area contributed by atoms with Crippen molar-refractivity contribution >= 4 is 29.3 Å². The number of anilines is 1. The fourth-order valence-corrected chi connectivity index (χ4v) is 2.94. The van der Waals surface area contributed by atoms with Crippen LogP contribution in [0.4, 0.5) is 10.5 Å². The molecule has 7 heteroatoms. The van der Waals surface area contributed by atoms with Gasteiger partial charge in [-0.05, 0) is 43.5 Å². The van der Waals surface area contributed by atoms with Gasteiger partial charge in [-0.2, -0.15) is 0 Å². The van der Waals surface area contributed by atoms with Gasteiger partial charge in [-0.15, -0.1) is 0 Å². The van der Waals surface area contributed by atoms with Gasteiger partial charge in [0.1, 0.15) is 6.73 Å². The minimum absolute atomic E-state index is 0.00745. The van der Waals surface area contributed by atoms with Crippen LogP contribution < -0.4 is 5.32 Å². The van der Waals surface area contributed by atoms with Crippen LogP contribution in [0.25, 0.3) is 0 Å². The maximum absolute atomic E-state index is 12.2. The number of hydrogen-bond acceptors (Lipinski definition) is 4. The van der Waals surface area contributed by atoms with Crippen molar-refractivity contribution in [3.63, 3.8) is 0 Å². The van der Waals surface area contributed by atoms with E-state index in [1.54, 1.807) is 24.3 Å². The van der Waals surface area contributed by atoms with Gasteiger partial charge >= 0.3 is 6.09 Å². The monoisotopic (exact) mass is 324 g/mol. The minimum Gasteiger partial charge on any atom is -0.428 e. The highest BCUT2D eigenvalue weighted by molar-refractivity contribution is 6.30. The smallest absolute Gasteiger partial charge is 0.413 e. The lowest BCUT2D eigenvalue weighted by molar-refractivity contribution is -0.168. The standard InChI is InChI=1S/C15H17ClN2O4/c16-10-4-6-11(7-5-10)17-15(20)22-9-18-8-21-13-3-1-2-12(13)14(18)19/h4-7,12-13H,1-3,8-9H2,(H,17,20)/t12-,13+/m1/s1. The van der Waals surface area contributed by atoms with Crippen molar-refractivity contribution in [3.05, 3.63) is 29.3 Å². The van der Waals surface area contributed by atoms with E-state index >= 15 is 0 Å². The molecule has 3 rings (SSSR count). The Labute approximate surface area is 133 Å². The van der Waals surface area contributed by atoms with Crippen molar-refractivity contribution in [2.75, 3.05) is 18.8 Å². The molecule has 1 saturated carbocycles. The number of benzene rings is 1. The summed E-state index contributed by atoms with van der Waals surface area (Å²) in [5, 5.41) is 3.16. The second-order valence-electron chi connectivity index (χ2n) is 5.44. The predicted molar refractivity (Wildman–Crippen MR) is 80.3 cm³/mol. The Morgan fingerprint density at radius 1 is 1.36 bits per heavy atom. The number of rotatable bonds is 3. The largest absolute Gasteiger partial charge is 0.428 e. The van der Waals surface area contributed by atoms with Crippen LogP contribution >= 0.6 is 11.6 Å². The SMILES string of the molecule is O=C(Nc1ccc(Cl)cc1)OCN1CO[C@H]2CCC[C@H]2C1=O. The van der Waals surface area contributed by atoms with Crippen LogP contribution in [0.15, 0.2) is 24.3 Å². The number of carbonyl (C=O) groups excluding carboxylic acids is 2. The second kappa shape index (κ2) is 6.54. The molecule has 0 aromatic heterocycles. The molecular weight excluding hydrogens is 308 g/mol. The average Bonchev–Trinajstić information content (AvgIpc) is 2.98. The maximum Gasteiger partial charge on any atom is 0.413 e. The van der Waals surface area contributed by atoms with Crippen LogP contribution in [0, 0.1) is 5.92 Å². The van der Waals surface area contributed by atoms with Crippen molar-refractivity contribution < 1.29 is 19.1 Å². The summed E-state index contributed by atoms with van der Waals surface area (Å²) >= 11 is 5.77. The molecule has 0 spiro atoms. The number of nitrogens with zero attached hydrogens (tertiary/aromatic N) is 1. The zero-order valence-electron chi connectivity index (χ0n) is 12.0. The molecule has 1 heterocycles. The van der Waals surface area contributed by atoms with Gasteiger partial charge in [0.25, 0.3) is 0 Å². The Hall–Kier alpha value is -1.79. The van der Waals surface area contributed by atoms with Crippen LogP contribution in [0.2, 0.25) is 5.02 Å². The van der Waals surface area contributed by atoms with Gasteiger partial charge in [0.05, 0.1) is 12.0 Å². The lowest BCUT2D eigenvalue weighted by atomic mass is 10.0. The Balaban J connectivity index is 1.48. The number of hydrogen-bond donors (Lipinski definition) is 1. The van der Waals surface area contributed by atoms with Crippen LogP contribution in [0.1, 0.15) is 19.3 Å². The van der Waals surface area contributed by atoms with Crippen LogP contribution in [-0.2, 0) is 14.3 Å². The zero-order chi connectivity index (χ0) is 15.5. The van der Waals surface area contributed by atoms with E-state index < -0.39 is 6.09 Å². The molecular formula is C15H17ClN2O4. The van der Waals surface area contributed by atoms with Gasteiger partial charge in [0.15, 0.2) is 6.73 Å². The van der Waals surface area contributed by atoms with E-state index in [9.17, 15) is 9.59 Å². The highest BCUT2D eigenvalue weighted by Crippen LogP contribution is 2.32. The average molecular weight is 325 g/mol. The van der Waals surface area contributed by atoms with Crippen molar-refractivity contribution in [1.29, 1.82) is 0 Å². The summed E-state index contributed by atoms with van der Waals surface area (Å²) in [4.78, 5) is 25.4. The summed E-state index contributed by atoms with van der Waals surface area (Å²) in [6.45, 7) is 0.0652. The Bertz CT molecular complexity index is 563. The van der Waals surface area contributed by atoms with Gasteiger partial charge in [-0.3, -0.25) is 15.0 Å². The number of carbonyl (C=O) groups is 2. The van der Waals surface area contributed by atoms with Crippen LogP contribution in [0.3, 0.4) is 0 Å². The fourth-order valence-electron chi connectivity index (χ4n) is 2.82. The van der Waals surface area contributed by atoms with E-state index in [0.29, 0.717) is 10.7 Å². The molecule has 118 valence electrons. The molecule has 1 aromatic rings. The minimum atomic E-state index is -0.622. The first kappa shape index (κ1) is 15.1. The molecule has 2 fully saturated rings. The lowest BCUT2D eigenvalue weighted by Crippen LogP contribution is -2.48. The normalized spacial score (nSPS) is 24.0. The molecule has 2 aliphatic rings. The molecule has 0 unspecified atom stereocenters. The molecule has 1 saturated heterocycles. The molecule has 1 N–H and O–H groups in total. The van der Waals surface area contributed by atoms with Gasteiger partial charge in [0, 0.05) is 10.7 Å². The number of amides is 2. The summed E-state index contributed by atoms with van der Waals surface area (Å²) in [5.74, 6) is -0.0790. The summed E-state index contributed by atoms with van der Waals surface area (Å²) in [5.41, 5.74) is 0.575. The summed E-state index contributed by atoms with van der Waals surface area (Å²) < 4.78 is 10.7. The van der Waals surface area contributed by atoms with Gasteiger partial charge in [0.2, 0.25) is 5.91 Å². The number of nitrogens with one attached hydrogen (secondary N) is 1. The van der Waals surface area contributed by atoms with E-state index in [-0.39, 0.29) is 31.4 Å².